The molecule has 2 heterocycles. The molecule has 0 atom stereocenters. The zero-order chi connectivity index (χ0) is 19.0. The molecule has 1 aromatic carbocycles. The van der Waals surface area contributed by atoms with Crippen molar-refractivity contribution in [3.05, 3.63) is 40.3 Å². The molecule has 1 saturated carbocycles. The molecule has 0 amide bonds. The third-order valence-corrected chi connectivity index (χ3v) is 6.74. The molecule has 8 heteroatoms. The molecule has 1 aliphatic carbocycles. The normalized spacial score (nSPS) is 14.0. The van der Waals surface area contributed by atoms with Crippen LogP contribution < -0.4 is 0 Å². The molecule has 4 rings (SSSR count). The highest BCUT2D eigenvalue weighted by Crippen LogP contribution is 2.41. The van der Waals surface area contributed by atoms with E-state index in [1.165, 1.54) is 29.2 Å². The number of halogens is 1. The van der Waals surface area contributed by atoms with Crippen molar-refractivity contribution in [2.45, 2.75) is 50.1 Å². The fraction of sp³-hybridized carbons (Fsp3) is 0.421. The van der Waals surface area contributed by atoms with Crippen molar-refractivity contribution in [2.75, 3.05) is 6.61 Å². The zero-order valence-electron chi connectivity index (χ0n) is 15.2. The Morgan fingerprint density at radius 1 is 1.37 bits per heavy atom. The summed E-state index contributed by atoms with van der Waals surface area (Å²) in [4.78, 5) is 12.9. The van der Waals surface area contributed by atoms with Crippen LogP contribution in [0.4, 0.5) is 4.39 Å². The topological polar surface area (TPSA) is 57.0 Å². The molecular weight excluding hydrogens is 385 g/mol. The van der Waals surface area contributed by atoms with Crippen molar-refractivity contribution in [1.82, 2.24) is 14.8 Å². The maximum absolute atomic E-state index is 14.5. The first-order chi connectivity index (χ1) is 13.1. The van der Waals surface area contributed by atoms with Gasteiger partial charge in [0.1, 0.15) is 16.5 Å². The highest BCUT2D eigenvalue weighted by atomic mass is 32.2. The van der Waals surface area contributed by atoms with Crippen molar-refractivity contribution in [3.8, 4) is 0 Å². The molecule has 2 aromatic heterocycles. The fourth-order valence-corrected chi connectivity index (χ4v) is 5.41. The van der Waals surface area contributed by atoms with Crippen LogP contribution in [-0.4, -0.2) is 27.3 Å². The number of fused-ring (bicyclic) bond motifs is 1. The molecule has 0 bridgehead atoms. The number of hydrogen-bond donors (Lipinski definition) is 0. The molecule has 0 radical (unpaired) electrons. The lowest BCUT2D eigenvalue weighted by atomic mass is 10.1. The van der Waals surface area contributed by atoms with E-state index in [0.29, 0.717) is 27.5 Å². The highest BCUT2D eigenvalue weighted by molar-refractivity contribution is 7.98. The van der Waals surface area contributed by atoms with Crippen molar-refractivity contribution in [1.29, 1.82) is 0 Å². The van der Waals surface area contributed by atoms with Gasteiger partial charge in [-0.05, 0) is 44.4 Å². The summed E-state index contributed by atoms with van der Waals surface area (Å²) in [7, 11) is 0. The Bertz CT molecular complexity index is 994. The summed E-state index contributed by atoms with van der Waals surface area (Å²) in [5, 5.41) is 9.99. The van der Waals surface area contributed by atoms with Crippen LogP contribution in [0.1, 0.15) is 53.7 Å². The number of benzene rings is 1. The Hall–Kier alpha value is -1.93. The molecule has 0 spiro atoms. The fourth-order valence-electron chi connectivity index (χ4n) is 3.15. The van der Waals surface area contributed by atoms with Crippen molar-refractivity contribution in [2.24, 2.45) is 0 Å². The standard InChI is InChI=1S/C19H20FN3O2S2/c1-3-23-17(11-8-9-11)21-22-19(23)26-10-12-15-13(20)6-5-7-14(15)27-16(12)18(24)25-4-2/h5-7,11H,3-4,8-10H2,1-2H3. The summed E-state index contributed by atoms with van der Waals surface area (Å²) in [5.41, 5.74) is 0.676. The number of aromatic nitrogens is 3. The zero-order valence-corrected chi connectivity index (χ0v) is 16.8. The molecule has 27 heavy (non-hydrogen) atoms. The van der Waals surface area contributed by atoms with Gasteiger partial charge in [0, 0.05) is 28.3 Å². The minimum absolute atomic E-state index is 0.289. The molecule has 1 aliphatic rings. The molecule has 142 valence electrons. The summed E-state index contributed by atoms with van der Waals surface area (Å²) in [6.07, 6.45) is 2.33. The van der Waals surface area contributed by atoms with Crippen LogP contribution in [0.15, 0.2) is 23.4 Å². The minimum Gasteiger partial charge on any atom is -0.462 e. The van der Waals surface area contributed by atoms with Crippen molar-refractivity contribution < 1.29 is 13.9 Å². The number of thiophene rings is 1. The SMILES string of the molecule is CCOC(=O)c1sc2cccc(F)c2c1CSc1nnc(C2CC2)n1CC. The molecule has 3 aromatic rings. The summed E-state index contributed by atoms with van der Waals surface area (Å²) < 4.78 is 22.6. The van der Waals surface area contributed by atoms with E-state index in [2.05, 4.69) is 21.7 Å². The lowest BCUT2D eigenvalue weighted by Crippen LogP contribution is -2.05. The molecule has 0 aliphatic heterocycles. The molecule has 0 unspecified atom stereocenters. The second-order valence-electron chi connectivity index (χ2n) is 6.39. The van der Waals surface area contributed by atoms with Gasteiger partial charge in [0.2, 0.25) is 0 Å². The Morgan fingerprint density at radius 2 is 2.19 bits per heavy atom. The maximum Gasteiger partial charge on any atom is 0.348 e. The summed E-state index contributed by atoms with van der Waals surface area (Å²) in [6.45, 7) is 4.92. The first kappa shape index (κ1) is 18.4. The smallest absolute Gasteiger partial charge is 0.348 e. The van der Waals surface area contributed by atoms with Crippen LogP contribution in [0.2, 0.25) is 0 Å². The van der Waals surface area contributed by atoms with Crippen molar-refractivity contribution >= 4 is 39.2 Å². The Kier molecular flexibility index (Phi) is 5.19. The van der Waals surface area contributed by atoms with Gasteiger partial charge in [0.05, 0.1) is 6.61 Å². The second-order valence-corrected chi connectivity index (χ2v) is 8.39. The van der Waals surface area contributed by atoms with Gasteiger partial charge in [-0.15, -0.1) is 21.5 Å². The van der Waals surface area contributed by atoms with E-state index < -0.39 is 5.97 Å². The minimum atomic E-state index is -0.399. The van der Waals surface area contributed by atoms with Crippen LogP contribution in [0.25, 0.3) is 10.1 Å². The van der Waals surface area contributed by atoms with Gasteiger partial charge in [-0.2, -0.15) is 0 Å². The third kappa shape index (κ3) is 3.48. The van der Waals surface area contributed by atoms with Crippen LogP contribution in [0.5, 0.6) is 0 Å². The van der Waals surface area contributed by atoms with Crippen LogP contribution in [0.3, 0.4) is 0 Å². The summed E-state index contributed by atoms with van der Waals surface area (Å²) in [5.74, 6) is 1.28. The quantitative estimate of drug-likeness (QED) is 0.409. The predicted octanol–water partition coefficient (Wildman–Crippen LogP) is 5.00. The molecule has 0 N–H and O–H groups in total. The molecular formula is C19H20FN3O2S2. The Morgan fingerprint density at radius 3 is 2.89 bits per heavy atom. The highest BCUT2D eigenvalue weighted by Gasteiger charge is 2.30. The van der Waals surface area contributed by atoms with E-state index in [4.69, 9.17) is 4.74 Å². The van der Waals surface area contributed by atoms with Crippen LogP contribution in [-0.2, 0) is 17.0 Å². The van der Waals surface area contributed by atoms with Gasteiger partial charge in [0.15, 0.2) is 5.16 Å². The number of nitrogens with zero attached hydrogens (tertiary/aromatic N) is 3. The number of thioether (sulfide) groups is 1. The lowest BCUT2D eigenvalue weighted by molar-refractivity contribution is 0.0531. The van der Waals surface area contributed by atoms with E-state index in [9.17, 15) is 9.18 Å². The number of rotatable bonds is 7. The monoisotopic (exact) mass is 405 g/mol. The lowest BCUT2D eigenvalue weighted by Gasteiger charge is -2.08. The maximum atomic E-state index is 14.5. The predicted molar refractivity (Wildman–Crippen MR) is 105 cm³/mol. The molecule has 0 saturated heterocycles. The van der Waals surface area contributed by atoms with Gasteiger partial charge in [-0.3, -0.25) is 0 Å². The van der Waals surface area contributed by atoms with Gasteiger partial charge in [-0.1, -0.05) is 17.8 Å². The average molecular weight is 406 g/mol. The van der Waals surface area contributed by atoms with Gasteiger partial charge >= 0.3 is 5.97 Å². The summed E-state index contributed by atoms with van der Waals surface area (Å²) >= 11 is 2.77. The van der Waals surface area contributed by atoms with Gasteiger partial charge < -0.3 is 9.30 Å². The molecule has 5 nitrogen and oxygen atoms in total. The van der Waals surface area contributed by atoms with Crippen molar-refractivity contribution in [3.63, 3.8) is 0 Å². The second kappa shape index (κ2) is 7.59. The van der Waals surface area contributed by atoms with Crippen LogP contribution >= 0.6 is 23.1 Å². The third-order valence-electron chi connectivity index (χ3n) is 4.57. The van der Waals surface area contributed by atoms with Gasteiger partial charge in [0.25, 0.3) is 0 Å². The number of esters is 1. The molecule has 1 fully saturated rings. The van der Waals surface area contributed by atoms with Crippen LogP contribution in [0, 0.1) is 5.82 Å². The number of carbonyl (C=O) groups is 1. The largest absolute Gasteiger partial charge is 0.462 e. The van der Waals surface area contributed by atoms with Gasteiger partial charge in [-0.25, -0.2) is 9.18 Å². The number of hydrogen-bond acceptors (Lipinski definition) is 6. The summed E-state index contributed by atoms with van der Waals surface area (Å²) in [6, 6.07) is 4.92. The van der Waals surface area contributed by atoms with E-state index in [0.717, 1.165) is 35.1 Å². The average Bonchev–Trinajstić information content (AvgIpc) is 3.30. The van der Waals surface area contributed by atoms with E-state index in [-0.39, 0.29) is 12.4 Å². The Labute approximate surface area is 164 Å². The first-order valence-corrected chi connectivity index (χ1v) is 10.9. The van der Waals surface area contributed by atoms with E-state index in [1.807, 2.05) is 6.07 Å². The number of ether oxygens (including phenoxy) is 1. The van der Waals surface area contributed by atoms with E-state index >= 15 is 0 Å². The number of carbonyl (C=O) groups excluding carboxylic acids is 1. The first-order valence-electron chi connectivity index (χ1n) is 9.06. The van der Waals surface area contributed by atoms with E-state index in [1.54, 1.807) is 13.0 Å². The Balaban J connectivity index is 1.68.